The number of carbonyl (C=O) groups is 1. The minimum absolute atomic E-state index is 0.169. The molecule has 2 rings (SSSR count). The topological polar surface area (TPSA) is 41.9 Å². The Morgan fingerprint density at radius 3 is 2.71 bits per heavy atom. The van der Waals surface area contributed by atoms with Crippen LogP contribution < -0.4 is 0 Å². The Kier molecular flexibility index (Phi) is 8.18. The van der Waals surface area contributed by atoms with Gasteiger partial charge in [-0.25, -0.2) is 0 Å². The van der Waals surface area contributed by atoms with Gasteiger partial charge in [0, 0.05) is 25.3 Å². The molecular formula is C24H34N2O2. The second-order valence-corrected chi connectivity index (χ2v) is 7.65. The summed E-state index contributed by atoms with van der Waals surface area (Å²) in [5.74, 6) is 0.158. The van der Waals surface area contributed by atoms with E-state index in [-0.39, 0.29) is 18.1 Å². The van der Waals surface area contributed by atoms with Crippen LogP contribution in [-0.2, 0) is 9.53 Å². The third kappa shape index (κ3) is 5.20. The van der Waals surface area contributed by atoms with Gasteiger partial charge in [-0.1, -0.05) is 56.8 Å². The summed E-state index contributed by atoms with van der Waals surface area (Å²) in [5.41, 5.74) is 4.59. The summed E-state index contributed by atoms with van der Waals surface area (Å²) >= 11 is 0. The van der Waals surface area contributed by atoms with E-state index in [9.17, 15) is 4.79 Å². The molecule has 1 heterocycles. The second-order valence-electron chi connectivity index (χ2n) is 7.65. The van der Waals surface area contributed by atoms with Crippen LogP contribution in [0.25, 0.3) is 0 Å². The number of aliphatic imine (C=N–C) groups is 1. The molecule has 1 aliphatic rings. The SMILES string of the molecule is C=C1C=CC[C@H](C(C)C/C(=N/C)c2ccccc2C)N(C(CC)C(=O)OC)C1. The monoisotopic (exact) mass is 382 g/mol. The lowest BCUT2D eigenvalue weighted by Crippen LogP contribution is -2.50. The molecule has 152 valence electrons. The van der Waals surface area contributed by atoms with Crippen molar-refractivity contribution in [3.05, 3.63) is 59.7 Å². The van der Waals surface area contributed by atoms with Gasteiger partial charge >= 0.3 is 5.97 Å². The minimum atomic E-state index is -0.255. The van der Waals surface area contributed by atoms with Crippen LogP contribution in [0.5, 0.6) is 0 Å². The van der Waals surface area contributed by atoms with Gasteiger partial charge < -0.3 is 4.74 Å². The van der Waals surface area contributed by atoms with Crippen molar-refractivity contribution in [1.82, 2.24) is 4.90 Å². The minimum Gasteiger partial charge on any atom is -0.468 e. The summed E-state index contributed by atoms with van der Waals surface area (Å²) in [4.78, 5) is 19.3. The maximum Gasteiger partial charge on any atom is 0.323 e. The average Bonchev–Trinajstić information content (AvgIpc) is 2.88. The van der Waals surface area contributed by atoms with Crippen molar-refractivity contribution in [2.45, 2.75) is 52.1 Å². The maximum atomic E-state index is 12.4. The molecule has 1 aromatic rings. The van der Waals surface area contributed by atoms with Crippen molar-refractivity contribution >= 4 is 11.7 Å². The molecule has 28 heavy (non-hydrogen) atoms. The smallest absolute Gasteiger partial charge is 0.323 e. The van der Waals surface area contributed by atoms with Gasteiger partial charge in [0.05, 0.1) is 7.11 Å². The molecule has 1 aliphatic heterocycles. The molecule has 0 aliphatic carbocycles. The van der Waals surface area contributed by atoms with E-state index in [1.807, 2.05) is 14.0 Å². The standard InChI is InChI=1S/C24H34N2O2/c1-7-22(24(27)28-6)26-16-17(2)11-10-14-23(26)19(4)15-21(25-5)20-13-9-8-12-18(20)3/h8-13,19,22-23H,2,7,14-16H2,1,3-6H3/b25-21-/t19?,22?,23-/m1/s1. The highest BCUT2D eigenvalue weighted by Gasteiger charge is 2.34. The van der Waals surface area contributed by atoms with Crippen molar-refractivity contribution < 1.29 is 9.53 Å². The fourth-order valence-electron chi connectivity index (χ4n) is 4.15. The van der Waals surface area contributed by atoms with Crippen LogP contribution in [0.4, 0.5) is 0 Å². The predicted octanol–water partition coefficient (Wildman–Crippen LogP) is 4.58. The maximum absolute atomic E-state index is 12.4. The van der Waals surface area contributed by atoms with Gasteiger partial charge in [0.15, 0.2) is 0 Å². The summed E-state index contributed by atoms with van der Waals surface area (Å²) < 4.78 is 5.09. The highest BCUT2D eigenvalue weighted by Crippen LogP contribution is 2.28. The van der Waals surface area contributed by atoms with Gasteiger partial charge in [-0.15, -0.1) is 0 Å². The van der Waals surface area contributed by atoms with Gasteiger partial charge in [0.2, 0.25) is 0 Å². The van der Waals surface area contributed by atoms with Crippen LogP contribution in [0.1, 0.15) is 44.2 Å². The van der Waals surface area contributed by atoms with Crippen molar-refractivity contribution in [2.24, 2.45) is 10.9 Å². The first kappa shape index (κ1) is 22.1. The quantitative estimate of drug-likeness (QED) is 0.512. The molecule has 4 nitrogen and oxygen atoms in total. The zero-order valence-electron chi connectivity index (χ0n) is 17.9. The molecule has 0 saturated carbocycles. The number of esters is 1. The molecule has 0 bridgehead atoms. The summed E-state index contributed by atoms with van der Waals surface area (Å²) in [6.07, 6.45) is 6.73. The van der Waals surface area contributed by atoms with E-state index in [1.165, 1.54) is 18.2 Å². The average molecular weight is 383 g/mol. The number of nitrogens with zero attached hydrogens (tertiary/aromatic N) is 2. The van der Waals surface area contributed by atoms with Gasteiger partial charge in [-0.05, 0) is 48.8 Å². The van der Waals surface area contributed by atoms with Crippen LogP contribution in [0.2, 0.25) is 0 Å². The van der Waals surface area contributed by atoms with Crippen LogP contribution >= 0.6 is 0 Å². The molecule has 4 heteroatoms. The number of hydrogen-bond donors (Lipinski definition) is 0. The summed E-state index contributed by atoms with van der Waals surface area (Å²) in [7, 11) is 3.33. The van der Waals surface area contributed by atoms with E-state index in [1.54, 1.807) is 0 Å². The van der Waals surface area contributed by atoms with E-state index in [4.69, 9.17) is 4.74 Å². The molecule has 1 aromatic carbocycles. The van der Waals surface area contributed by atoms with E-state index in [2.05, 4.69) is 66.7 Å². The largest absolute Gasteiger partial charge is 0.468 e. The third-order valence-electron chi connectivity index (χ3n) is 5.70. The predicted molar refractivity (Wildman–Crippen MR) is 117 cm³/mol. The normalized spacial score (nSPS) is 20.5. The van der Waals surface area contributed by atoms with Crippen molar-refractivity contribution in [1.29, 1.82) is 0 Å². The Balaban J connectivity index is 2.29. The Labute approximate surface area is 170 Å². The van der Waals surface area contributed by atoms with Crippen LogP contribution in [0.3, 0.4) is 0 Å². The first-order valence-electron chi connectivity index (χ1n) is 10.1. The van der Waals surface area contributed by atoms with Crippen molar-refractivity contribution in [2.75, 3.05) is 20.7 Å². The number of hydrogen-bond acceptors (Lipinski definition) is 4. The lowest BCUT2D eigenvalue weighted by Gasteiger charge is -2.38. The number of ether oxygens (including phenoxy) is 1. The molecule has 3 atom stereocenters. The zero-order valence-corrected chi connectivity index (χ0v) is 17.9. The van der Waals surface area contributed by atoms with E-state index in [0.29, 0.717) is 12.5 Å². The highest BCUT2D eigenvalue weighted by atomic mass is 16.5. The molecule has 0 spiro atoms. The van der Waals surface area contributed by atoms with E-state index in [0.717, 1.165) is 30.5 Å². The molecule has 0 saturated heterocycles. The number of aryl methyl sites for hydroxylation is 1. The molecule has 2 unspecified atom stereocenters. The van der Waals surface area contributed by atoms with Gasteiger partial charge in [0.1, 0.15) is 6.04 Å². The molecular weight excluding hydrogens is 348 g/mol. The van der Waals surface area contributed by atoms with Crippen LogP contribution in [-0.4, -0.2) is 49.4 Å². The third-order valence-corrected chi connectivity index (χ3v) is 5.70. The van der Waals surface area contributed by atoms with Crippen molar-refractivity contribution in [3.8, 4) is 0 Å². The second kappa shape index (κ2) is 10.4. The van der Waals surface area contributed by atoms with Crippen molar-refractivity contribution in [3.63, 3.8) is 0 Å². The van der Waals surface area contributed by atoms with Gasteiger partial charge in [-0.3, -0.25) is 14.7 Å². The summed E-state index contributed by atoms with van der Waals surface area (Å²) in [6.45, 7) is 11.3. The van der Waals surface area contributed by atoms with Gasteiger partial charge in [0.25, 0.3) is 0 Å². The van der Waals surface area contributed by atoms with E-state index >= 15 is 0 Å². The first-order chi connectivity index (χ1) is 13.4. The number of rotatable bonds is 7. The molecule has 0 radical (unpaired) electrons. The number of benzene rings is 1. The fourth-order valence-corrected chi connectivity index (χ4v) is 4.15. The first-order valence-corrected chi connectivity index (χ1v) is 10.1. The number of carbonyl (C=O) groups excluding carboxylic acids is 1. The highest BCUT2D eigenvalue weighted by molar-refractivity contribution is 6.01. The fraction of sp³-hybridized carbons (Fsp3) is 0.500. The Morgan fingerprint density at radius 1 is 1.39 bits per heavy atom. The molecule has 0 fully saturated rings. The molecule has 0 aromatic heterocycles. The van der Waals surface area contributed by atoms with E-state index < -0.39 is 0 Å². The molecule has 0 N–H and O–H groups in total. The zero-order chi connectivity index (χ0) is 20.7. The van der Waals surface area contributed by atoms with Crippen LogP contribution in [0.15, 0.2) is 53.6 Å². The Bertz CT molecular complexity index is 751. The van der Waals surface area contributed by atoms with Crippen LogP contribution in [0, 0.1) is 12.8 Å². The summed E-state index contributed by atoms with van der Waals surface area (Å²) in [6, 6.07) is 8.35. The number of methoxy groups -OCH3 is 1. The summed E-state index contributed by atoms with van der Waals surface area (Å²) in [5, 5.41) is 0. The molecule has 0 amide bonds. The Hall–Kier alpha value is -2.20. The lowest BCUT2D eigenvalue weighted by atomic mass is 9.88. The van der Waals surface area contributed by atoms with Gasteiger partial charge in [-0.2, -0.15) is 0 Å². The Morgan fingerprint density at radius 2 is 2.11 bits per heavy atom. The lowest BCUT2D eigenvalue weighted by molar-refractivity contribution is -0.148.